The summed E-state index contributed by atoms with van der Waals surface area (Å²) in [7, 11) is 0. The van der Waals surface area contributed by atoms with Crippen molar-refractivity contribution in [3.63, 3.8) is 0 Å². The number of hydrogen-bond acceptors (Lipinski definition) is 3. The van der Waals surface area contributed by atoms with Gasteiger partial charge in [-0.3, -0.25) is 0 Å². The van der Waals surface area contributed by atoms with E-state index < -0.39 is 0 Å². The van der Waals surface area contributed by atoms with Crippen molar-refractivity contribution in [1.29, 1.82) is 0 Å². The first-order valence-electron chi connectivity index (χ1n) is 23.7. The molecular formula is C60H59BN2O. The lowest BCUT2D eigenvalue weighted by Gasteiger charge is -2.46. The van der Waals surface area contributed by atoms with Crippen LogP contribution >= 0.6 is 0 Å². The number of aryl methyl sites for hydroxylation is 2. The Hall–Kier alpha value is -6.00. The van der Waals surface area contributed by atoms with Gasteiger partial charge in [0.2, 0.25) is 0 Å². The summed E-state index contributed by atoms with van der Waals surface area (Å²) in [6.07, 6.45) is 4.66. The van der Waals surface area contributed by atoms with Crippen LogP contribution < -0.4 is 20.8 Å². The fourth-order valence-corrected chi connectivity index (χ4v) is 12.4. The molecule has 8 aromatic rings. The van der Waals surface area contributed by atoms with Gasteiger partial charge in [0, 0.05) is 33.7 Å². The highest BCUT2D eigenvalue weighted by Gasteiger charge is 2.50. The minimum Gasteiger partial charge on any atom is -0.466 e. The fourth-order valence-electron chi connectivity index (χ4n) is 12.4. The summed E-state index contributed by atoms with van der Waals surface area (Å²) in [6.45, 7) is 24.0. The van der Waals surface area contributed by atoms with Crippen molar-refractivity contribution in [2.45, 2.75) is 117 Å². The van der Waals surface area contributed by atoms with Crippen LogP contribution in [0.5, 0.6) is 0 Å². The van der Waals surface area contributed by atoms with Gasteiger partial charge >= 0.3 is 6.85 Å². The van der Waals surface area contributed by atoms with Crippen LogP contribution in [0.2, 0.25) is 0 Å². The molecule has 318 valence electrons. The molecule has 1 aromatic heterocycles. The average molecular weight is 835 g/mol. The predicted octanol–water partition coefficient (Wildman–Crippen LogP) is 15.3. The highest BCUT2D eigenvalue weighted by Crippen LogP contribution is 2.55. The molecule has 4 heteroatoms. The molecule has 2 aliphatic heterocycles. The van der Waals surface area contributed by atoms with Crippen LogP contribution in [0.15, 0.2) is 132 Å². The van der Waals surface area contributed by atoms with Gasteiger partial charge in [0.25, 0.3) is 0 Å². The van der Waals surface area contributed by atoms with Gasteiger partial charge in [0.1, 0.15) is 11.2 Å². The van der Waals surface area contributed by atoms with E-state index in [9.17, 15) is 0 Å². The Morgan fingerprint density at radius 3 is 1.80 bits per heavy atom. The molecule has 0 saturated carbocycles. The third-order valence-corrected chi connectivity index (χ3v) is 16.3. The normalized spacial score (nSPS) is 18.3. The van der Waals surface area contributed by atoms with E-state index in [2.05, 4.69) is 206 Å². The van der Waals surface area contributed by atoms with Crippen molar-refractivity contribution in [3.8, 4) is 22.3 Å². The van der Waals surface area contributed by atoms with E-state index in [1.807, 2.05) is 0 Å². The van der Waals surface area contributed by atoms with Crippen LogP contribution in [0, 0.1) is 13.8 Å². The van der Waals surface area contributed by atoms with E-state index in [1.165, 1.54) is 106 Å². The van der Waals surface area contributed by atoms with Crippen molar-refractivity contribution in [2.75, 3.05) is 9.71 Å². The molecule has 0 N–H and O–H groups in total. The zero-order chi connectivity index (χ0) is 44.2. The maximum Gasteiger partial charge on any atom is 0.375 e. The molecule has 3 nitrogen and oxygen atoms in total. The predicted molar refractivity (Wildman–Crippen MR) is 273 cm³/mol. The fraction of sp³-hybridized carbons (Fsp3) is 0.300. The van der Waals surface area contributed by atoms with Gasteiger partial charge in [-0.2, -0.15) is 0 Å². The highest BCUT2D eigenvalue weighted by molar-refractivity contribution is 6.93. The molecule has 0 atom stereocenters. The summed E-state index contributed by atoms with van der Waals surface area (Å²) in [5, 5.41) is 3.72. The maximum atomic E-state index is 7.64. The second-order valence-electron chi connectivity index (χ2n) is 22.4. The molecule has 0 amide bonds. The summed E-state index contributed by atoms with van der Waals surface area (Å²) in [6, 6.07) is 48.6. The summed E-state index contributed by atoms with van der Waals surface area (Å²) in [5.41, 5.74) is 22.9. The molecular weight excluding hydrogens is 775 g/mol. The van der Waals surface area contributed by atoms with Crippen molar-refractivity contribution in [2.24, 2.45) is 0 Å². The van der Waals surface area contributed by atoms with Gasteiger partial charge in [-0.15, -0.1) is 0 Å². The zero-order valence-electron chi connectivity index (χ0n) is 39.3. The number of nitrogens with zero attached hydrogens (tertiary/aromatic N) is 2. The first-order chi connectivity index (χ1) is 30.5. The Labute approximate surface area is 380 Å². The van der Waals surface area contributed by atoms with Crippen LogP contribution in [-0.4, -0.2) is 6.85 Å². The minimum absolute atomic E-state index is 0.0407. The summed E-state index contributed by atoms with van der Waals surface area (Å²) >= 11 is 0. The number of furan rings is 1. The molecule has 0 bridgehead atoms. The smallest absolute Gasteiger partial charge is 0.375 e. The third-order valence-electron chi connectivity index (χ3n) is 16.3. The van der Waals surface area contributed by atoms with E-state index in [0.29, 0.717) is 0 Å². The standard InChI is InChI=1S/C60H59BN2O/c1-36-30-44-53-42-19-15-14-18-40(42)22-25-49(53)63(41-23-20-39(21-24-41)38-16-12-11-13-17-38)61-54(44)51(31-36)62(50-34-47-45(32-37(50)2)57(3,4)26-28-59(47,7)8)55-43-33-46-48(35-52(43)64-56(55)61)60(9,10)29-27-58(46,5)6/h11-25,30-35H,26-29H2,1-10H3. The lowest BCUT2D eigenvalue weighted by atomic mass is 9.45. The first kappa shape index (κ1) is 39.6. The van der Waals surface area contributed by atoms with Gasteiger partial charge in [0.15, 0.2) is 0 Å². The monoisotopic (exact) mass is 834 g/mol. The summed E-state index contributed by atoms with van der Waals surface area (Å²) in [5.74, 6) is 0. The van der Waals surface area contributed by atoms with Gasteiger partial charge in [-0.05, 0) is 170 Å². The molecule has 0 spiro atoms. The first-order valence-corrected chi connectivity index (χ1v) is 23.7. The number of rotatable bonds is 3. The average Bonchev–Trinajstić information content (AvgIpc) is 3.65. The maximum absolute atomic E-state index is 7.64. The Kier molecular flexibility index (Phi) is 8.22. The number of hydrogen-bond donors (Lipinski definition) is 0. The highest BCUT2D eigenvalue weighted by atomic mass is 16.3. The Morgan fingerprint density at radius 1 is 0.516 bits per heavy atom. The Balaban J connectivity index is 1.21. The molecule has 3 heterocycles. The number of anilines is 5. The zero-order valence-corrected chi connectivity index (χ0v) is 39.3. The second kappa shape index (κ2) is 13.3. The Bertz CT molecular complexity index is 3260. The van der Waals surface area contributed by atoms with E-state index in [4.69, 9.17) is 4.42 Å². The van der Waals surface area contributed by atoms with Crippen LogP contribution in [0.4, 0.5) is 28.4 Å². The van der Waals surface area contributed by atoms with Crippen LogP contribution in [0.3, 0.4) is 0 Å². The van der Waals surface area contributed by atoms with E-state index in [1.54, 1.807) is 0 Å². The molecule has 4 aliphatic rings. The quantitative estimate of drug-likeness (QED) is 0.165. The summed E-state index contributed by atoms with van der Waals surface area (Å²) < 4.78 is 7.64. The summed E-state index contributed by atoms with van der Waals surface area (Å²) in [4.78, 5) is 5.26. The van der Waals surface area contributed by atoms with Crippen LogP contribution in [-0.2, 0) is 21.7 Å². The van der Waals surface area contributed by atoms with E-state index in [0.717, 1.165) is 36.2 Å². The molecule has 0 fully saturated rings. The minimum atomic E-state index is -0.216. The van der Waals surface area contributed by atoms with Gasteiger partial charge in [-0.1, -0.05) is 140 Å². The van der Waals surface area contributed by atoms with Gasteiger partial charge in [-0.25, -0.2) is 0 Å². The van der Waals surface area contributed by atoms with E-state index in [-0.39, 0.29) is 28.5 Å². The largest absolute Gasteiger partial charge is 0.466 e. The molecule has 64 heavy (non-hydrogen) atoms. The van der Waals surface area contributed by atoms with Crippen molar-refractivity contribution < 1.29 is 4.42 Å². The molecule has 0 unspecified atom stereocenters. The molecule has 0 saturated heterocycles. The van der Waals surface area contributed by atoms with Gasteiger partial charge < -0.3 is 14.1 Å². The Morgan fingerprint density at radius 2 is 1.11 bits per heavy atom. The molecule has 12 rings (SSSR count). The van der Waals surface area contributed by atoms with Crippen LogP contribution in [0.25, 0.3) is 44.0 Å². The third kappa shape index (κ3) is 5.60. The second-order valence-corrected chi connectivity index (χ2v) is 22.4. The lowest BCUT2D eigenvalue weighted by molar-refractivity contribution is 0.332. The van der Waals surface area contributed by atoms with Crippen molar-refractivity contribution >= 4 is 68.1 Å². The SMILES string of the molecule is Cc1cc2c3c(c1)N(c1cc4c(cc1C)C(C)(C)CCC4(C)C)c1c(oc4cc5c(cc14)C(C)(C)CCC5(C)C)B3N(c1ccc(-c3ccccc3)cc1)c1ccc3ccccc3c1-2. The topological polar surface area (TPSA) is 19.6 Å². The van der Waals surface area contributed by atoms with Gasteiger partial charge in [0.05, 0.1) is 5.69 Å². The molecule has 0 radical (unpaired) electrons. The number of benzene rings is 7. The lowest BCUT2D eigenvalue weighted by Crippen LogP contribution is -2.61. The molecule has 2 aliphatic carbocycles. The van der Waals surface area contributed by atoms with Crippen molar-refractivity contribution in [1.82, 2.24) is 0 Å². The van der Waals surface area contributed by atoms with Crippen LogP contribution in [0.1, 0.15) is 114 Å². The number of fused-ring (bicyclic) bond motifs is 10. The molecule has 7 aromatic carbocycles. The van der Waals surface area contributed by atoms with Crippen molar-refractivity contribution in [3.05, 3.63) is 161 Å². The van der Waals surface area contributed by atoms with E-state index >= 15 is 0 Å².